The SMILES string of the molecule is CC(C)NCc1ccc(COc2ccc(F)c(F)c2)cc1. The van der Waals surface area contributed by atoms with Crippen LogP contribution in [0.3, 0.4) is 0 Å². The first-order chi connectivity index (χ1) is 10.0. The van der Waals surface area contributed by atoms with Crippen LogP contribution in [0.4, 0.5) is 8.78 Å². The highest BCUT2D eigenvalue weighted by Gasteiger charge is 2.03. The van der Waals surface area contributed by atoms with Gasteiger partial charge in [-0.2, -0.15) is 0 Å². The van der Waals surface area contributed by atoms with Crippen LogP contribution in [0.25, 0.3) is 0 Å². The lowest BCUT2D eigenvalue weighted by Gasteiger charge is -2.10. The predicted octanol–water partition coefficient (Wildman–Crippen LogP) is 4.04. The predicted molar refractivity (Wildman–Crippen MR) is 79.1 cm³/mol. The number of benzene rings is 2. The van der Waals surface area contributed by atoms with Gasteiger partial charge in [-0.15, -0.1) is 0 Å². The highest BCUT2D eigenvalue weighted by atomic mass is 19.2. The van der Waals surface area contributed by atoms with Crippen LogP contribution in [0, 0.1) is 11.6 Å². The molecular formula is C17H19F2NO. The zero-order valence-electron chi connectivity index (χ0n) is 12.2. The Hall–Kier alpha value is -1.94. The Morgan fingerprint density at radius 3 is 2.24 bits per heavy atom. The number of ether oxygens (including phenoxy) is 1. The molecule has 112 valence electrons. The molecule has 0 heterocycles. The van der Waals surface area contributed by atoms with Gasteiger partial charge in [-0.25, -0.2) is 8.78 Å². The minimum absolute atomic E-state index is 0.319. The molecule has 2 aromatic rings. The summed E-state index contributed by atoms with van der Waals surface area (Å²) in [6.07, 6.45) is 0. The normalized spacial score (nSPS) is 10.9. The van der Waals surface area contributed by atoms with Crippen molar-refractivity contribution in [2.24, 2.45) is 0 Å². The fraction of sp³-hybridized carbons (Fsp3) is 0.294. The molecule has 0 atom stereocenters. The van der Waals surface area contributed by atoms with Crippen LogP contribution in [-0.4, -0.2) is 6.04 Å². The van der Waals surface area contributed by atoms with Gasteiger partial charge < -0.3 is 10.1 Å². The number of rotatable bonds is 6. The third kappa shape index (κ3) is 4.83. The Morgan fingerprint density at radius 2 is 1.62 bits per heavy atom. The van der Waals surface area contributed by atoms with Crippen molar-refractivity contribution in [3.63, 3.8) is 0 Å². The van der Waals surface area contributed by atoms with E-state index in [1.807, 2.05) is 24.3 Å². The van der Waals surface area contributed by atoms with Gasteiger partial charge in [0, 0.05) is 18.7 Å². The summed E-state index contributed by atoms with van der Waals surface area (Å²) >= 11 is 0. The second-order valence-electron chi connectivity index (χ2n) is 5.22. The number of hydrogen-bond donors (Lipinski definition) is 1. The highest BCUT2D eigenvalue weighted by molar-refractivity contribution is 5.26. The van der Waals surface area contributed by atoms with Gasteiger partial charge in [0.2, 0.25) is 0 Å². The van der Waals surface area contributed by atoms with Gasteiger partial charge in [-0.05, 0) is 23.3 Å². The lowest BCUT2D eigenvalue weighted by atomic mass is 10.1. The van der Waals surface area contributed by atoms with Crippen molar-refractivity contribution in [1.29, 1.82) is 0 Å². The number of hydrogen-bond acceptors (Lipinski definition) is 2. The smallest absolute Gasteiger partial charge is 0.162 e. The van der Waals surface area contributed by atoms with Gasteiger partial charge in [0.05, 0.1) is 0 Å². The monoisotopic (exact) mass is 291 g/mol. The Labute approximate surface area is 123 Å². The van der Waals surface area contributed by atoms with Gasteiger partial charge >= 0.3 is 0 Å². The summed E-state index contributed by atoms with van der Waals surface area (Å²) in [5.74, 6) is -1.45. The lowest BCUT2D eigenvalue weighted by molar-refractivity contribution is 0.303. The van der Waals surface area contributed by atoms with Crippen molar-refractivity contribution in [2.45, 2.75) is 33.0 Å². The third-order valence-corrected chi connectivity index (χ3v) is 3.03. The van der Waals surface area contributed by atoms with Crippen molar-refractivity contribution < 1.29 is 13.5 Å². The minimum Gasteiger partial charge on any atom is -0.489 e. The summed E-state index contributed by atoms with van der Waals surface area (Å²) in [7, 11) is 0. The number of nitrogens with one attached hydrogen (secondary N) is 1. The molecule has 0 aliphatic carbocycles. The highest BCUT2D eigenvalue weighted by Crippen LogP contribution is 2.17. The molecule has 2 rings (SSSR count). The molecule has 0 unspecified atom stereocenters. The van der Waals surface area contributed by atoms with Crippen LogP contribution in [-0.2, 0) is 13.2 Å². The average molecular weight is 291 g/mol. The van der Waals surface area contributed by atoms with Crippen LogP contribution in [0.15, 0.2) is 42.5 Å². The summed E-state index contributed by atoms with van der Waals surface area (Å²) < 4.78 is 31.3. The van der Waals surface area contributed by atoms with Gasteiger partial charge in [0.1, 0.15) is 12.4 Å². The molecule has 0 aliphatic heterocycles. The molecule has 0 saturated heterocycles. The van der Waals surface area contributed by atoms with Gasteiger partial charge in [-0.1, -0.05) is 38.1 Å². The summed E-state index contributed by atoms with van der Waals surface area (Å²) in [5, 5.41) is 3.34. The van der Waals surface area contributed by atoms with E-state index in [1.54, 1.807) is 0 Å². The van der Waals surface area contributed by atoms with E-state index in [9.17, 15) is 8.78 Å². The van der Waals surface area contributed by atoms with Crippen molar-refractivity contribution in [2.75, 3.05) is 0 Å². The topological polar surface area (TPSA) is 21.3 Å². The molecule has 4 heteroatoms. The molecule has 1 N–H and O–H groups in total. The van der Waals surface area contributed by atoms with Crippen molar-refractivity contribution in [3.8, 4) is 5.75 Å². The minimum atomic E-state index is -0.900. The van der Waals surface area contributed by atoms with E-state index in [0.29, 0.717) is 18.4 Å². The first-order valence-corrected chi connectivity index (χ1v) is 6.93. The van der Waals surface area contributed by atoms with Crippen molar-refractivity contribution in [1.82, 2.24) is 5.32 Å². The van der Waals surface area contributed by atoms with Crippen LogP contribution in [0.2, 0.25) is 0 Å². The molecule has 0 bridgehead atoms. The summed E-state index contributed by atoms with van der Waals surface area (Å²) in [5.41, 5.74) is 2.17. The maximum atomic E-state index is 13.0. The fourth-order valence-corrected chi connectivity index (χ4v) is 1.81. The molecule has 2 aromatic carbocycles. The molecule has 0 radical (unpaired) electrons. The maximum Gasteiger partial charge on any atom is 0.162 e. The molecule has 21 heavy (non-hydrogen) atoms. The third-order valence-electron chi connectivity index (χ3n) is 3.03. The molecule has 0 aliphatic rings. The van der Waals surface area contributed by atoms with E-state index in [2.05, 4.69) is 19.2 Å². The van der Waals surface area contributed by atoms with Crippen LogP contribution in [0.5, 0.6) is 5.75 Å². The summed E-state index contributed by atoms with van der Waals surface area (Å²) in [6, 6.07) is 12.0. The van der Waals surface area contributed by atoms with Crippen LogP contribution >= 0.6 is 0 Å². The molecule has 0 aromatic heterocycles. The first kappa shape index (κ1) is 15.4. The van der Waals surface area contributed by atoms with Gasteiger partial charge in [0.15, 0.2) is 11.6 Å². The van der Waals surface area contributed by atoms with E-state index in [-0.39, 0.29) is 0 Å². The molecule has 0 spiro atoms. The Balaban J connectivity index is 1.89. The van der Waals surface area contributed by atoms with E-state index in [1.165, 1.54) is 11.6 Å². The standard InChI is InChI=1S/C17H19F2NO/c1-12(2)20-10-13-3-5-14(6-4-13)11-21-15-7-8-16(18)17(19)9-15/h3-9,12,20H,10-11H2,1-2H3. The molecular weight excluding hydrogens is 272 g/mol. The summed E-state index contributed by atoms with van der Waals surface area (Å²) in [6.45, 7) is 5.35. The van der Waals surface area contributed by atoms with E-state index >= 15 is 0 Å². The van der Waals surface area contributed by atoms with Gasteiger partial charge in [-0.3, -0.25) is 0 Å². The largest absolute Gasteiger partial charge is 0.489 e. The van der Waals surface area contributed by atoms with Crippen molar-refractivity contribution in [3.05, 3.63) is 65.2 Å². The quantitative estimate of drug-likeness (QED) is 0.867. The van der Waals surface area contributed by atoms with Crippen LogP contribution < -0.4 is 10.1 Å². The van der Waals surface area contributed by atoms with E-state index in [0.717, 1.165) is 24.2 Å². The zero-order valence-corrected chi connectivity index (χ0v) is 12.2. The molecule has 2 nitrogen and oxygen atoms in total. The molecule has 0 amide bonds. The molecule has 0 saturated carbocycles. The van der Waals surface area contributed by atoms with E-state index in [4.69, 9.17) is 4.74 Å². The average Bonchev–Trinajstić information content (AvgIpc) is 2.47. The Kier molecular flexibility index (Phi) is 5.28. The second kappa shape index (κ2) is 7.18. The number of halogens is 2. The van der Waals surface area contributed by atoms with Crippen molar-refractivity contribution >= 4 is 0 Å². The van der Waals surface area contributed by atoms with E-state index < -0.39 is 11.6 Å². The zero-order chi connectivity index (χ0) is 15.2. The fourth-order valence-electron chi connectivity index (χ4n) is 1.81. The summed E-state index contributed by atoms with van der Waals surface area (Å²) in [4.78, 5) is 0. The van der Waals surface area contributed by atoms with Crippen LogP contribution in [0.1, 0.15) is 25.0 Å². The Morgan fingerprint density at radius 1 is 0.952 bits per heavy atom. The second-order valence-corrected chi connectivity index (χ2v) is 5.22. The first-order valence-electron chi connectivity index (χ1n) is 6.93. The lowest BCUT2D eigenvalue weighted by Crippen LogP contribution is -2.21. The van der Waals surface area contributed by atoms with Gasteiger partial charge in [0.25, 0.3) is 0 Å². The molecule has 0 fully saturated rings. The Bertz CT molecular complexity index is 582. The maximum absolute atomic E-state index is 13.0.